The molecule has 2 aliphatic rings. The topological polar surface area (TPSA) is 96.0 Å². The van der Waals surface area contributed by atoms with Crippen molar-refractivity contribution in [2.75, 3.05) is 39.4 Å². The van der Waals surface area contributed by atoms with Crippen LogP contribution in [0.4, 0.5) is 0 Å². The van der Waals surface area contributed by atoms with E-state index in [1.807, 2.05) is 12.1 Å². The quantitative estimate of drug-likeness (QED) is 0.561. The highest BCUT2D eigenvalue weighted by Crippen LogP contribution is 2.24. The normalized spacial score (nSPS) is 18.3. The molecule has 1 N–H and O–H groups in total. The van der Waals surface area contributed by atoms with E-state index in [2.05, 4.69) is 22.3 Å². The van der Waals surface area contributed by atoms with Crippen LogP contribution in [0.15, 0.2) is 53.4 Å². The highest BCUT2D eigenvalue weighted by Gasteiger charge is 2.32. The van der Waals surface area contributed by atoms with Crippen LogP contribution in [0.3, 0.4) is 0 Å². The first kappa shape index (κ1) is 25.5. The van der Waals surface area contributed by atoms with Gasteiger partial charge in [-0.25, -0.2) is 8.42 Å². The van der Waals surface area contributed by atoms with E-state index in [-0.39, 0.29) is 22.5 Å². The molecular weight excluding hydrogens is 466 g/mol. The third-order valence-corrected chi connectivity index (χ3v) is 8.64. The molecular formula is C26H33N3O5S. The summed E-state index contributed by atoms with van der Waals surface area (Å²) in [5.41, 5.74) is 2.76. The molecule has 2 aromatic rings. The summed E-state index contributed by atoms with van der Waals surface area (Å²) in [5.74, 6) is -0.350. The van der Waals surface area contributed by atoms with E-state index in [1.165, 1.54) is 41.1 Å². The number of piperidine rings is 1. The smallest absolute Gasteiger partial charge is 0.243 e. The lowest BCUT2D eigenvalue weighted by Crippen LogP contribution is -2.42. The zero-order valence-electron chi connectivity index (χ0n) is 20.1. The van der Waals surface area contributed by atoms with Gasteiger partial charge in [0.25, 0.3) is 0 Å². The summed E-state index contributed by atoms with van der Waals surface area (Å²) in [6.45, 7) is 6.86. The lowest BCUT2D eigenvalue weighted by molar-refractivity contribution is -0.126. The van der Waals surface area contributed by atoms with Crippen molar-refractivity contribution in [3.63, 3.8) is 0 Å². The Morgan fingerprint density at radius 2 is 1.51 bits per heavy atom. The van der Waals surface area contributed by atoms with Crippen molar-refractivity contribution in [3.05, 3.63) is 65.2 Å². The summed E-state index contributed by atoms with van der Waals surface area (Å²) in [6.07, 6.45) is 0.962. The van der Waals surface area contributed by atoms with Crippen LogP contribution in [0.5, 0.6) is 0 Å². The molecule has 35 heavy (non-hydrogen) atoms. The van der Waals surface area contributed by atoms with Crippen molar-refractivity contribution in [2.24, 2.45) is 5.92 Å². The Morgan fingerprint density at radius 3 is 2.11 bits per heavy atom. The molecule has 0 atom stereocenters. The van der Waals surface area contributed by atoms with Crippen molar-refractivity contribution in [1.29, 1.82) is 0 Å². The van der Waals surface area contributed by atoms with E-state index in [9.17, 15) is 18.0 Å². The summed E-state index contributed by atoms with van der Waals surface area (Å²) < 4.78 is 32.7. The largest absolute Gasteiger partial charge is 0.379 e. The molecule has 0 unspecified atom stereocenters. The number of hydrogen-bond donors (Lipinski definition) is 1. The van der Waals surface area contributed by atoms with Crippen molar-refractivity contribution >= 4 is 21.7 Å². The van der Waals surface area contributed by atoms with Gasteiger partial charge < -0.3 is 10.1 Å². The van der Waals surface area contributed by atoms with Gasteiger partial charge in [0, 0.05) is 50.7 Å². The van der Waals surface area contributed by atoms with Crippen LogP contribution in [-0.4, -0.2) is 68.7 Å². The second kappa shape index (κ2) is 11.4. The second-order valence-electron chi connectivity index (χ2n) is 9.18. The highest BCUT2D eigenvalue weighted by molar-refractivity contribution is 7.89. The summed E-state index contributed by atoms with van der Waals surface area (Å²) in [5, 5.41) is 3.01. The van der Waals surface area contributed by atoms with Gasteiger partial charge in [-0.2, -0.15) is 4.31 Å². The molecule has 0 spiro atoms. The van der Waals surface area contributed by atoms with Gasteiger partial charge in [0.15, 0.2) is 5.78 Å². The van der Waals surface area contributed by atoms with Gasteiger partial charge in [-0.05, 0) is 43.0 Å². The molecule has 4 rings (SSSR count). The summed E-state index contributed by atoms with van der Waals surface area (Å²) >= 11 is 0. The van der Waals surface area contributed by atoms with Crippen LogP contribution < -0.4 is 5.32 Å². The standard InChI is InChI=1S/C26H33N3O5S/c1-20(30)23-6-8-25(9-7-23)35(32,33)29-12-10-24(11-13-29)26(31)27-18-21-2-4-22(5-3-21)19-28-14-16-34-17-15-28/h2-9,24H,10-19H2,1H3,(H,27,31). The predicted octanol–water partition coefficient (Wildman–Crippen LogP) is 2.44. The molecule has 2 heterocycles. The zero-order valence-corrected chi connectivity index (χ0v) is 20.9. The molecule has 2 aliphatic heterocycles. The number of amides is 1. The van der Waals surface area contributed by atoms with E-state index in [4.69, 9.17) is 4.74 Å². The number of benzene rings is 2. The maximum atomic E-state index is 12.9. The van der Waals surface area contributed by atoms with Gasteiger partial charge in [-0.1, -0.05) is 36.4 Å². The molecule has 8 nitrogen and oxygen atoms in total. The molecule has 0 aliphatic carbocycles. The van der Waals surface area contributed by atoms with Crippen LogP contribution in [0.25, 0.3) is 0 Å². The van der Waals surface area contributed by atoms with Crippen LogP contribution >= 0.6 is 0 Å². The molecule has 0 bridgehead atoms. The third-order valence-electron chi connectivity index (χ3n) is 6.72. The molecule has 2 saturated heterocycles. The minimum atomic E-state index is -3.64. The van der Waals surface area contributed by atoms with E-state index in [0.717, 1.165) is 38.4 Å². The number of hydrogen-bond acceptors (Lipinski definition) is 6. The summed E-state index contributed by atoms with van der Waals surface area (Å²) in [7, 11) is -3.64. The van der Waals surface area contributed by atoms with Gasteiger partial charge >= 0.3 is 0 Å². The van der Waals surface area contributed by atoms with E-state index >= 15 is 0 Å². The minimum absolute atomic E-state index is 0.0368. The number of carbonyl (C=O) groups is 2. The molecule has 2 fully saturated rings. The predicted molar refractivity (Wildman–Crippen MR) is 132 cm³/mol. The Balaban J connectivity index is 1.24. The second-order valence-corrected chi connectivity index (χ2v) is 11.1. The molecule has 188 valence electrons. The first-order valence-corrected chi connectivity index (χ1v) is 13.5. The van der Waals surface area contributed by atoms with Crippen molar-refractivity contribution in [1.82, 2.24) is 14.5 Å². The maximum absolute atomic E-state index is 12.9. The number of ether oxygens (including phenoxy) is 1. The highest BCUT2D eigenvalue weighted by atomic mass is 32.2. The van der Waals surface area contributed by atoms with Gasteiger partial charge in [-0.3, -0.25) is 14.5 Å². The number of sulfonamides is 1. The third kappa shape index (κ3) is 6.55. The van der Waals surface area contributed by atoms with Crippen LogP contribution in [0.2, 0.25) is 0 Å². The molecule has 1 amide bonds. The summed E-state index contributed by atoms with van der Waals surface area (Å²) in [4.78, 5) is 26.7. The van der Waals surface area contributed by atoms with Crippen molar-refractivity contribution in [2.45, 2.75) is 37.8 Å². The van der Waals surface area contributed by atoms with E-state index < -0.39 is 10.0 Å². The minimum Gasteiger partial charge on any atom is -0.379 e. The Kier molecular flexibility index (Phi) is 8.33. The number of Topliss-reactive ketones (excluding diaryl/α,β-unsaturated/α-hetero) is 1. The molecule has 9 heteroatoms. The lowest BCUT2D eigenvalue weighted by Gasteiger charge is -2.30. The fourth-order valence-corrected chi connectivity index (χ4v) is 5.95. The molecule has 0 radical (unpaired) electrons. The van der Waals surface area contributed by atoms with Crippen LogP contribution in [0.1, 0.15) is 41.3 Å². The number of nitrogens with one attached hydrogen (secondary N) is 1. The Bertz CT molecular complexity index is 1120. The molecule has 0 aromatic heterocycles. The zero-order chi connectivity index (χ0) is 24.8. The molecule has 2 aromatic carbocycles. The van der Waals surface area contributed by atoms with E-state index in [1.54, 1.807) is 0 Å². The maximum Gasteiger partial charge on any atom is 0.243 e. The van der Waals surface area contributed by atoms with Crippen molar-refractivity contribution < 1.29 is 22.7 Å². The van der Waals surface area contributed by atoms with Crippen LogP contribution in [0, 0.1) is 5.92 Å². The lowest BCUT2D eigenvalue weighted by atomic mass is 9.97. The Morgan fingerprint density at radius 1 is 0.914 bits per heavy atom. The monoisotopic (exact) mass is 499 g/mol. The number of rotatable bonds is 8. The van der Waals surface area contributed by atoms with Crippen LogP contribution in [-0.2, 0) is 32.6 Å². The number of ketones is 1. The number of nitrogens with zero attached hydrogens (tertiary/aromatic N) is 2. The van der Waals surface area contributed by atoms with E-state index in [0.29, 0.717) is 38.0 Å². The average Bonchev–Trinajstić information content (AvgIpc) is 2.89. The Hall–Kier alpha value is -2.59. The first-order valence-electron chi connectivity index (χ1n) is 12.1. The average molecular weight is 500 g/mol. The fraction of sp³-hybridized carbons (Fsp3) is 0.462. The van der Waals surface area contributed by atoms with Gasteiger partial charge in [0.2, 0.25) is 15.9 Å². The van der Waals surface area contributed by atoms with Gasteiger partial charge in [-0.15, -0.1) is 0 Å². The number of carbonyl (C=O) groups excluding carboxylic acids is 2. The Labute approximate surface area is 207 Å². The first-order chi connectivity index (χ1) is 16.8. The van der Waals surface area contributed by atoms with Gasteiger partial charge in [0.1, 0.15) is 0 Å². The summed E-state index contributed by atoms with van der Waals surface area (Å²) in [6, 6.07) is 14.3. The molecule has 0 saturated carbocycles. The van der Waals surface area contributed by atoms with Gasteiger partial charge in [0.05, 0.1) is 18.1 Å². The number of morpholine rings is 1. The van der Waals surface area contributed by atoms with Crippen molar-refractivity contribution in [3.8, 4) is 0 Å². The fourth-order valence-electron chi connectivity index (χ4n) is 4.48. The SMILES string of the molecule is CC(=O)c1ccc(S(=O)(=O)N2CCC(C(=O)NCc3ccc(CN4CCOCC4)cc3)CC2)cc1.